The van der Waals surface area contributed by atoms with Crippen LogP contribution in [0.1, 0.15) is 29.9 Å². The second kappa shape index (κ2) is 5.56. The summed E-state index contributed by atoms with van der Waals surface area (Å²) in [5.41, 5.74) is 1.59. The molecule has 0 aliphatic rings. The number of para-hydroxylation sites is 2. The number of rotatable bonds is 4. The molecule has 19 heavy (non-hydrogen) atoms. The van der Waals surface area contributed by atoms with Crippen LogP contribution in [0.3, 0.4) is 0 Å². The molecule has 1 N–H and O–H groups in total. The summed E-state index contributed by atoms with van der Waals surface area (Å²) in [6.45, 7) is 5.63. The highest BCUT2D eigenvalue weighted by molar-refractivity contribution is 6.04. The van der Waals surface area contributed by atoms with E-state index in [0.717, 1.165) is 0 Å². The Bertz CT molecular complexity index is 576. The number of hydrogen-bond acceptors (Lipinski definition) is 4. The van der Waals surface area contributed by atoms with Gasteiger partial charge in [-0.3, -0.25) is 4.79 Å². The summed E-state index contributed by atoms with van der Waals surface area (Å²) in [5, 5.41) is 6.45. The molecule has 0 radical (unpaired) electrons. The van der Waals surface area contributed by atoms with Crippen molar-refractivity contribution in [3.05, 3.63) is 41.8 Å². The lowest BCUT2D eigenvalue weighted by molar-refractivity contribution is 0.101. The van der Waals surface area contributed by atoms with Gasteiger partial charge in [-0.05, 0) is 32.9 Å². The first kappa shape index (κ1) is 13.1. The lowest BCUT2D eigenvalue weighted by Crippen LogP contribution is -2.15. The van der Waals surface area contributed by atoms with Gasteiger partial charge in [0.05, 0.1) is 11.8 Å². The van der Waals surface area contributed by atoms with Gasteiger partial charge in [-0.2, -0.15) is 0 Å². The summed E-state index contributed by atoms with van der Waals surface area (Å²) in [4.78, 5) is 12.0. The monoisotopic (exact) mass is 260 g/mol. The zero-order valence-electron chi connectivity index (χ0n) is 11.1. The van der Waals surface area contributed by atoms with Crippen LogP contribution in [0.15, 0.2) is 35.1 Å². The summed E-state index contributed by atoms with van der Waals surface area (Å²) >= 11 is 0. The highest BCUT2D eigenvalue weighted by Gasteiger charge is 2.15. The van der Waals surface area contributed by atoms with Crippen LogP contribution in [0.2, 0.25) is 0 Å². The number of anilines is 1. The third-order valence-corrected chi connectivity index (χ3v) is 2.46. The van der Waals surface area contributed by atoms with Crippen LogP contribution in [0, 0.1) is 6.92 Å². The maximum absolute atomic E-state index is 12.0. The topological polar surface area (TPSA) is 64.4 Å². The Morgan fingerprint density at radius 3 is 2.74 bits per heavy atom. The molecule has 0 bridgehead atoms. The standard InChI is InChI=1S/C14H16N2O3/c1-9(2)19-12-7-5-4-6-11(12)15-14(17)13-10(3)8-18-16-13/h4-9H,1-3H3,(H,15,17). The molecule has 0 unspecified atom stereocenters. The highest BCUT2D eigenvalue weighted by atomic mass is 16.5. The molecule has 1 amide bonds. The predicted octanol–water partition coefficient (Wildman–Crippen LogP) is 3.02. The molecule has 0 aliphatic heterocycles. The van der Waals surface area contributed by atoms with Gasteiger partial charge < -0.3 is 14.6 Å². The van der Waals surface area contributed by atoms with Crippen molar-refractivity contribution >= 4 is 11.6 Å². The molecule has 1 aromatic carbocycles. The van der Waals surface area contributed by atoms with Crippen molar-refractivity contribution in [1.29, 1.82) is 0 Å². The number of nitrogens with zero attached hydrogens (tertiary/aromatic N) is 1. The Labute approximate surface area is 111 Å². The number of carbonyl (C=O) groups is 1. The molecule has 1 heterocycles. The summed E-state index contributed by atoms with van der Waals surface area (Å²) in [7, 11) is 0. The Morgan fingerprint density at radius 1 is 1.37 bits per heavy atom. The quantitative estimate of drug-likeness (QED) is 0.917. The Kier molecular flexibility index (Phi) is 3.85. The number of ether oxygens (including phenoxy) is 1. The molecule has 0 saturated heterocycles. The molecule has 5 nitrogen and oxygen atoms in total. The zero-order valence-corrected chi connectivity index (χ0v) is 11.1. The van der Waals surface area contributed by atoms with Crippen LogP contribution < -0.4 is 10.1 Å². The maximum Gasteiger partial charge on any atom is 0.278 e. The number of carbonyl (C=O) groups excluding carboxylic acids is 1. The van der Waals surface area contributed by atoms with Crippen molar-refractivity contribution in [2.45, 2.75) is 26.9 Å². The summed E-state index contributed by atoms with van der Waals surface area (Å²) in [6, 6.07) is 7.28. The average Bonchev–Trinajstić information content (AvgIpc) is 2.77. The van der Waals surface area contributed by atoms with Gasteiger partial charge in [-0.15, -0.1) is 0 Å². The SMILES string of the molecule is Cc1conc1C(=O)Nc1ccccc1OC(C)C. The van der Waals surface area contributed by atoms with E-state index in [-0.39, 0.29) is 17.7 Å². The van der Waals surface area contributed by atoms with E-state index in [2.05, 4.69) is 10.5 Å². The van der Waals surface area contributed by atoms with E-state index < -0.39 is 0 Å². The van der Waals surface area contributed by atoms with E-state index in [1.807, 2.05) is 32.0 Å². The van der Waals surface area contributed by atoms with Crippen LogP contribution in [-0.2, 0) is 0 Å². The predicted molar refractivity (Wildman–Crippen MR) is 71.4 cm³/mol. The molecular weight excluding hydrogens is 244 g/mol. The van der Waals surface area contributed by atoms with E-state index in [1.54, 1.807) is 13.0 Å². The van der Waals surface area contributed by atoms with Gasteiger partial charge in [-0.1, -0.05) is 17.3 Å². The van der Waals surface area contributed by atoms with Crippen LogP contribution in [0.25, 0.3) is 0 Å². The van der Waals surface area contributed by atoms with Crippen molar-refractivity contribution in [3.63, 3.8) is 0 Å². The van der Waals surface area contributed by atoms with Crippen molar-refractivity contribution in [1.82, 2.24) is 5.16 Å². The van der Waals surface area contributed by atoms with Gasteiger partial charge in [0.15, 0.2) is 5.69 Å². The van der Waals surface area contributed by atoms with Crippen LogP contribution in [0.5, 0.6) is 5.75 Å². The third kappa shape index (κ3) is 3.13. The molecule has 0 saturated carbocycles. The first-order valence-electron chi connectivity index (χ1n) is 6.06. The first-order chi connectivity index (χ1) is 9.08. The van der Waals surface area contributed by atoms with Gasteiger partial charge in [0, 0.05) is 5.56 Å². The van der Waals surface area contributed by atoms with Gasteiger partial charge in [-0.25, -0.2) is 0 Å². The van der Waals surface area contributed by atoms with E-state index in [9.17, 15) is 4.79 Å². The minimum absolute atomic E-state index is 0.0341. The number of hydrogen-bond donors (Lipinski definition) is 1. The number of aryl methyl sites for hydroxylation is 1. The molecule has 2 rings (SSSR count). The minimum atomic E-state index is -0.314. The van der Waals surface area contributed by atoms with Crippen molar-refractivity contribution in [2.75, 3.05) is 5.32 Å². The van der Waals surface area contributed by atoms with E-state index in [4.69, 9.17) is 9.26 Å². The van der Waals surface area contributed by atoms with Crippen molar-refractivity contribution in [3.8, 4) is 5.75 Å². The van der Waals surface area contributed by atoms with Gasteiger partial charge >= 0.3 is 0 Å². The Balaban J connectivity index is 2.19. The largest absolute Gasteiger partial charge is 0.489 e. The lowest BCUT2D eigenvalue weighted by atomic mass is 10.2. The van der Waals surface area contributed by atoms with Crippen LogP contribution >= 0.6 is 0 Å². The summed E-state index contributed by atoms with van der Waals surface area (Å²) in [5.74, 6) is 0.318. The highest BCUT2D eigenvalue weighted by Crippen LogP contribution is 2.25. The fourth-order valence-corrected chi connectivity index (χ4v) is 1.61. The van der Waals surface area contributed by atoms with Gasteiger partial charge in [0.2, 0.25) is 0 Å². The second-order valence-corrected chi connectivity index (χ2v) is 4.46. The van der Waals surface area contributed by atoms with Crippen LogP contribution in [0.4, 0.5) is 5.69 Å². The lowest BCUT2D eigenvalue weighted by Gasteiger charge is -2.14. The van der Waals surface area contributed by atoms with Crippen molar-refractivity contribution < 1.29 is 14.1 Å². The average molecular weight is 260 g/mol. The minimum Gasteiger partial charge on any atom is -0.489 e. The molecule has 1 aromatic heterocycles. The normalized spacial score (nSPS) is 10.5. The Hall–Kier alpha value is -2.30. The maximum atomic E-state index is 12.0. The number of aromatic nitrogens is 1. The fourth-order valence-electron chi connectivity index (χ4n) is 1.61. The first-order valence-corrected chi connectivity index (χ1v) is 6.06. The zero-order chi connectivity index (χ0) is 13.8. The molecule has 100 valence electrons. The smallest absolute Gasteiger partial charge is 0.278 e. The molecule has 0 aliphatic carbocycles. The number of amides is 1. The summed E-state index contributed by atoms with van der Waals surface area (Å²) in [6.07, 6.45) is 1.47. The molecule has 0 fully saturated rings. The summed E-state index contributed by atoms with van der Waals surface area (Å²) < 4.78 is 10.4. The van der Waals surface area contributed by atoms with Crippen molar-refractivity contribution in [2.24, 2.45) is 0 Å². The molecule has 0 spiro atoms. The van der Waals surface area contributed by atoms with E-state index >= 15 is 0 Å². The second-order valence-electron chi connectivity index (χ2n) is 4.46. The van der Waals surface area contributed by atoms with E-state index in [1.165, 1.54) is 6.26 Å². The van der Waals surface area contributed by atoms with Crippen LogP contribution in [-0.4, -0.2) is 17.2 Å². The number of nitrogens with one attached hydrogen (secondary N) is 1. The molecular formula is C14H16N2O3. The molecule has 0 atom stereocenters. The Morgan fingerprint density at radius 2 is 2.11 bits per heavy atom. The molecule has 2 aromatic rings. The molecule has 5 heteroatoms. The third-order valence-electron chi connectivity index (χ3n) is 2.46. The van der Waals surface area contributed by atoms with E-state index in [0.29, 0.717) is 17.0 Å². The fraction of sp³-hybridized carbons (Fsp3) is 0.286. The van der Waals surface area contributed by atoms with Gasteiger partial charge in [0.25, 0.3) is 5.91 Å². The number of benzene rings is 1. The van der Waals surface area contributed by atoms with Gasteiger partial charge in [0.1, 0.15) is 12.0 Å².